The van der Waals surface area contributed by atoms with Crippen LogP contribution in [0.5, 0.6) is 5.75 Å². The number of methoxy groups -OCH3 is 1. The number of anilines is 1. The Morgan fingerprint density at radius 1 is 1.12 bits per heavy atom. The van der Waals surface area contributed by atoms with Crippen molar-refractivity contribution in [2.24, 2.45) is 0 Å². The molecule has 5 rings (SSSR count). The first-order valence-electron chi connectivity index (χ1n) is 10.7. The van der Waals surface area contributed by atoms with Crippen LogP contribution in [-0.2, 0) is 16.2 Å². The summed E-state index contributed by atoms with van der Waals surface area (Å²) in [5.41, 5.74) is 4.15. The van der Waals surface area contributed by atoms with Crippen LogP contribution in [0.2, 0.25) is 5.02 Å². The molecule has 2 aliphatic rings. The second-order valence-corrected chi connectivity index (χ2v) is 9.94. The van der Waals surface area contributed by atoms with E-state index in [1.165, 1.54) is 11.8 Å². The lowest BCUT2D eigenvalue weighted by atomic mass is 10.0. The van der Waals surface area contributed by atoms with Gasteiger partial charge in [-0.05, 0) is 55.0 Å². The molecular weight excluding hydrogens is 456 g/mol. The third kappa shape index (κ3) is 3.58. The smallest absolute Gasteiger partial charge is 0.268 e. The molecule has 33 heavy (non-hydrogen) atoms. The minimum atomic E-state index is -1.12. The third-order valence-electron chi connectivity index (χ3n) is 6.17. The summed E-state index contributed by atoms with van der Waals surface area (Å²) in [5, 5.41) is 0.541. The van der Waals surface area contributed by atoms with Gasteiger partial charge in [-0.3, -0.25) is 9.59 Å². The number of rotatable bonds is 4. The molecule has 1 spiro atoms. The van der Waals surface area contributed by atoms with Crippen molar-refractivity contribution in [3.05, 3.63) is 94.0 Å². The van der Waals surface area contributed by atoms with Gasteiger partial charge in [0.1, 0.15) is 5.75 Å². The summed E-state index contributed by atoms with van der Waals surface area (Å²) in [5.74, 6) is 1.13. The predicted octanol–water partition coefficient (Wildman–Crippen LogP) is 5.25. The number of hydrogen-bond donors (Lipinski definition) is 0. The summed E-state index contributed by atoms with van der Waals surface area (Å²) in [6.07, 6.45) is 0. The molecule has 1 fully saturated rings. The maximum absolute atomic E-state index is 14.1. The van der Waals surface area contributed by atoms with Crippen LogP contribution in [0.1, 0.15) is 27.0 Å². The zero-order valence-corrected chi connectivity index (χ0v) is 19.9. The quantitative estimate of drug-likeness (QED) is 0.514. The fraction of sp³-hybridized carbons (Fsp3) is 0.231. The van der Waals surface area contributed by atoms with Gasteiger partial charge in [-0.15, -0.1) is 11.8 Å². The van der Waals surface area contributed by atoms with Crippen molar-refractivity contribution in [2.75, 3.05) is 24.3 Å². The molecule has 0 bridgehead atoms. The predicted molar refractivity (Wildman–Crippen MR) is 132 cm³/mol. The topological polar surface area (TPSA) is 49.9 Å². The molecule has 0 radical (unpaired) electrons. The molecule has 2 amide bonds. The SMILES string of the molecule is COc1cccc(CN2C(=O)[C@]3(SCCN3C(=O)c3ccc(C)cc3)c3cc(Cl)ccc32)c1. The van der Waals surface area contributed by atoms with E-state index < -0.39 is 4.87 Å². The van der Waals surface area contributed by atoms with E-state index in [9.17, 15) is 9.59 Å². The number of halogens is 1. The number of hydrogen-bond acceptors (Lipinski definition) is 4. The Labute approximate surface area is 202 Å². The molecule has 0 aliphatic carbocycles. The number of ether oxygens (including phenoxy) is 1. The molecule has 0 N–H and O–H groups in total. The molecule has 1 saturated heterocycles. The number of thioether (sulfide) groups is 1. The normalized spacial score (nSPS) is 19.3. The molecule has 1 atom stereocenters. The fourth-order valence-corrected chi connectivity index (χ4v) is 6.17. The second kappa shape index (κ2) is 8.43. The lowest BCUT2D eigenvalue weighted by Crippen LogP contribution is -2.50. The van der Waals surface area contributed by atoms with Gasteiger partial charge in [-0.25, -0.2) is 0 Å². The summed E-state index contributed by atoms with van der Waals surface area (Å²) in [7, 11) is 1.62. The van der Waals surface area contributed by atoms with Gasteiger partial charge in [0, 0.05) is 28.4 Å². The van der Waals surface area contributed by atoms with E-state index in [1.807, 2.05) is 67.6 Å². The summed E-state index contributed by atoms with van der Waals surface area (Å²) < 4.78 is 5.35. The number of nitrogens with zero attached hydrogens (tertiary/aromatic N) is 2. The standard InChI is InChI=1S/C26H23ClN2O3S/c1-17-6-8-19(9-7-17)24(30)29-12-13-33-26(29)22-15-20(27)10-11-23(22)28(25(26)31)16-18-4-3-5-21(14-18)32-2/h3-11,14-15H,12-13,16H2,1-2H3/t26-/m1/s1. The van der Waals surface area contributed by atoms with Crippen LogP contribution < -0.4 is 9.64 Å². The van der Waals surface area contributed by atoms with Crippen LogP contribution in [0.15, 0.2) is 66.7 Å². The molecule has 3 aromatic carbocycles. The van der Waals surface area contributed by atoms with Crippen molar-refractivity contribution >= 4 is 40.9 Å². The van der Waals surface area contributed by atoms with Crippen LogP contribution in [0.4, 0.5) is 5.69 Å². The van der Waals surface area contributed by atoms with E-state index in [0.29, 0.717) is 29.4 Å². The van der Waals surface area contributed by atoms with Crippen LogP contribution in [0.25, 0.3) is 0 Å². The van der Waals surface area contributed by atoms with Crippen molar-refractivity contribution in [2.45, 2.75) is 18.3 Å². The van der Waals surface area contributed by atoms with Crippen molar-refractivity contribution in [1.82, 2.24) is 4.90 Å². The van der Waals surface area contributed by atoms with Crippen molar-refractivity contribution in [1.29, 1.82) is 0 Å². The van der Waals surface area contributed by atoms with Crippen LogP contribution in [0, 0.1) is 6.92 Å². The lowest BCUT2D eigenvalue weighted by molar-refractivity contribution is -0.123. The minimum Gasteiger partial charge on any atom is -0.497 e. The van der Waals surface area contributed by atoms with Gasteiger partial charge in [-0.1, -0.05) is 41.4 Å². The van der Waals surface area contributed by atoms with Crippen LogP contribution >= 0.6 is 23.4 Å². The number of carbonyl (C=O) groups excluding carboxylic acids is 2. The van der Waals surface area contributed by atoms with E-state index in [0.717, 1.165) is 28.1 Å². The van der Waals surface area contributed by atoms with Gasteiger partial charge in [0.25, 0.3) is 11.8 Å². The van der Waals surface area contributed by atoms with E-state index in [2.05, 4.69) is 0 Å². The number of fused-ring (bicyclic) bond motifs is 2. The highest BCUT2D eigenvalue weighted by Crippen LogP contribution is 2.55. The summed E-state index contributed by atoms with van der Waals surface area (Å²) in [6, 6.07) is 20.6. The Bertz CT molecular complexity index is 1250. The number of amides is 2. The highest BCUT2D eigenvalue weighted by atomic mass is 35.5. The Morgan fingerprint density at radius 2 is 1.91 bits per heavy atom. The molecule has 7 heteroatoms. The molecule has 3 aromatic rings. The monoisotopic (exact) mass is 478 g/mol. The Hall–Kier alpha value is -2.96. The lowest BCUT2D eigenvalue weighted by Gasteiger charge is -2.33. The van der Waals surface area contributed by atoms with Crippen LogP contribution in [-0.4, -0.2) is 36.1 Å². The first-order chi connectivity index (χ1) is 15.9. The van der Waals surface area contributed by atoms with Crippen molar-refractivity contribution in [3.8, 4) is 5.75 Å². The molecule has 0 saturated carbocycles. The molecule has 2 aliphatic heterocycles. The van der Waals surface area contributed by atoms with Gasteiger partial charge in [0.15, 0.2) is 4.87 Å². The fourth-order valence-electron chi connectivity index (χ4n) is 4.55. The maximum atomic E-state index is 14.1. The molecule has 0 aromatic heterocycles. The van der Waals surface area contributed by atoms with Gasteiger partial charge < -0.3 is 14.5 Å². The van der Waals surface area contributed by atoms with Gasteiger partial charge in [0.05, 0.1) is 19.3 Å². The third-order valence-corrected chi connectivity index (χ3v) is 7.83. The Kier molecular flexibility index (Phi) is 5.59. The number of carbonyl (C=O) groups is 2. The Morgan fingerprint density at radius 3 is 2.67 bits per heavy atom. The summed E-state index contributed by atoms with van der Waals surface area (Å²) in [6.45, 7) is 2.85. The number of benzene rings is 3. The van der Waals surface area contributed by atoms with E-state index in [-0.39, 0.29) is 11.8 Å². The highest BCUT2D eigenvalue weighted by molar-refractivity contribution is 8.01. The van der Waals surface area contributed by atoms with Crippen molar-refractivity contribution in [3.63, 3.8) is 0 Å². The van der Waals surface area contributed by atoms with Gasteiger partial charge >= 0.3 is 0 Å². The average Bonchev–Trinajstić information content (AvgIpc) is 3.36. The summed E-state index contributed by atoms with van der Waals surface area (Å²) in [4.78, 5) is 30.0. The zero-order valence-electron chi connectivity index (χ0n) is 18.4. The van der Waals surface area contributed by atoms with E-state index in [1.54, 1.807) is 23.0 Å². The first-order valence-corrected chi connectivity index (χ1v) is 12.1. The Balaban J connectivity index is 1.58. The van der Waals surface area contributed by atoms with Crippen molar-refractivity contribution < 1.29 is 14.3 Å². The number of aryl methyl sites for hydroxylation is 1. The second-order valence-electron chi connectivity index (χ2n) is 8.22. The maximum Gasteiger partial charge on any atom is 0.268 e. The van der Waals surface area contributed by atoms with Crippen LogP contribution in [0.3, 0.4) is 0 Å². The molecule has 168 valence electrons. The molecular formula is C26H23ClN2O3S. The molecule has 0 unspecified atom stereocenters. The van der Waals surface area contributed by atoms with E-state index in [4.69, 9.17) is 16.3 Å². The van der Waals surface area contributed by atoms with Gasteiger partial charge in [-0.2, -0.15) is 0 Å². The summed E-state index contributed by atoms with van der Waals surface area (Å²) >= 11 is 7.88. The largest absolute Gasteiger partial charge is 0.497 e. The first kappa shape index (κ1) is 21.9. The van der Waals surface area contributed by atoms with Gasteiger partial charge in [0.2, 0.25) is 0 Å². The minimum absolute atomic E-state index is 0.120. The highest BCUT2D eigenvalue weighted by Gasteiger charge is 2.59. The van der Waals surface area contributed by atoms with E-state index >= 15 is 0 Å². The molecule has 2 heterocycles. The zero-order chi connectivity index (χ0) is 23.2. The average molecular weight is 479 g/mol. The molecule has 5 nitrogen and oxygen atoms in total.